The fraction of sp³-hybridized carbons (Fsp3) is 0.400. The first kappa shape index (κ1) is 15.4. The molecule has 1 aromatic heterocycles. The van der Waals surface area contributed by atoms with Gasteiger partial charge in [-0.05, 0) is 25.3 Å². The van der Waals surface area contributed by atoms with E-state index in [0.717, 1.165) is 43.4 Å². The molecule has 4 nitrogen and oxygen atoms in total. The smallest absolute Gasteiger partial charge is 0.185 e. The zero-order valence-electron chi connectivity index (χ0n) is 12.3. The van der Waals surface area contributed by atoms with Gasteiger partial charge in [0.2, 0.25) is 0 Å². The Labute approximate surface area is 133 Å². The van der Waals surface area contributed by atoms with Crippen molar-refractivity contribution in [3.63, 3.8) is 0 Å². The van der Waals surface area contributed by atoms with Crippen LogP contribution in [0.1, 0.15) is 19.3 Å². The molecule has 0 aliphatic carbocycles. The van der Waals surface area contributed by atoms with E-state index < -0.39 is 15.7 Å². The van der Waals surface area contributed by atoms with Crippen LogP contribution in [0.2, 0.25) is 0 Å². The van der Waals surface area contributed by atoms with Crippen molar-refractivity contribution in [2.24, 2.45) is 0 Å². The first-order valence-corrected chi connectivity index (χ1v) is 9.93. The molecule has 1 saturated heterocycles. The Kier molecular flexibility index (Phi) is 4.18. The van der Waals surface area contributed by atoms with Gasteiger partial charge >= 0.3 is 0 Å². The highest BCUT2D eigenvalue weighted by Gasteiger charge is 2.22. The normalized spacial score (nSPS) is 16.0. The summed E-state index contributed by atoms with van der Waals surface area (Å²) >= 11 is 1.47. The van der Waals surface area contributed by atoms with Crippen molar-refractivity contribution in [1.82, 2.24) is 4.98 Å². The Balaban J connectivity index is 2.02. The number of thiazole rings is 1. The van der Waals surface area contributed by atoms with Gasteiger partial charge in [0.1, 0.15) is 10.7 Å². The molecule has 0 spiro atoms. The number of anilines is 1. The number of rotatable bonds is 3. The number of sulfone groups is 1. The lowest BCUT2D eigenvalue weighted by Gasteiger charge is -2.25. The van der Waals surface area contributed by atoms with E-state index in [0.29, 0.717) is 11.3 Å². The average Bonchev–Trinajstić information content (AvgIpc) is 2.96. The minimum Gasteiger partial charge on any atom is -0.348 e. The highest BCUT2D eigenvalue weighted by atomic mass is 32.2. The monoisotopic (exact) mass is 340 g/mol. The van der Waals surface area contributed by atoms with Crippen molar-refractivity contribution in [2.75, 3.05) is 24.2 Å². The molecular weight excluding hydrogens is 323 g/mol. The molecule has 0 N–H and O–H groups in total. The molecule has 1 aliphatic rings. The summed E-state index contributed by atoms with van der Waals surface area (Å²) in [5, 5.41) is 2.67. The number of halogens is 1. The molecule has 2 heterocycles. The highest BCUT2D eigenvalue weighted by Crippen LogP contribution is 2.33. The van der Waals surface area contributed by atoms with E-state index in [9.17, 15) is 12.8 Å². The van der Waals surface area contributed by atoms with E-state index in [1.54, 1.807) is 11.4 Å². The van der Waals surface area contributed by atoms with Gasteiger partial charge < -0.3 is 4.90 Å². The number of hydrogen-bond acceptors (Lipinski definition) is 5. The summed E-state index contributed by atoms with van der Waals surface area (Å²) < 4.78 is 37.7. The van der Waals surface area contributed by atoms with Crippen LogP contribution < -0.4 is 4.90 Å². The van der Waals surface area contributed by atoms with E-state index in [2.05, 4.69) is 9.88 Å². The van der Waals surface area contributed by atoms with Crippen LogP contribution in [0.25, 0.3) is 11.3 Å². The first-order valence-electron chi connectivity index (χ1n) is 7.16. The number of hydrogen-bond donors (Lipinski definition) is 0. The van der Waals surface area contributed by atoms with Gasteiger partial charge in [0.15, 0.2) is 15.0 Å². The Hall–Kier alpha value is -1.47. The standard InChI is InChI=1S/C15H17FN2O2S2/c1-22(19,20)14-11(6-5-7-12(14)16)13-10-21-15(17-13)18-8-3-2-4-9-18/h5-7,10H,2-4,8-9H2,1H3. The summed E-state index contributed by atoms with van der Waals surface area (Å²) in [4.78, 5) is 6.47. The molecule has 1 aliphatic heterocycles. The third kappa shape index (κ3) is 3.01. The fourth-order valence-electron chi connectivity index (χ4n) is 2.71. The Morgan fingerprint density at radius 1 is 1.23 bits per heavy atom. The maximum Gasteiger partial charge on any atom is 0.185 e. The van der Waals surface area contributed by atoms with Gasteiger partial charge in [0.25, 0.3) is 0 Å². The van der Waals surface area contributed by atoms with E-state index in [1.807, 2.05) is 0 Å². The summed E-state index contributed by atoms with van der Waals surface area (Å²) in [5.74, 6) is -0.729. The van der Waals surface area contributed by atoms with E-state index in [-0.39, 0.29) is 4.90 Å². The number of benzene rings is 1. The topological polar surface area (TPSA) is 50.3 Å². The molecule has 0 radical (unpaired) electrons. The molecule has 3 rings (SSSR count). The van der Waals surface area contributed by atoms with Gasteiger partial charge in [-0.3, -0.25) is 0 Å². The SMILES string of the molecule is CS(=O)(=O)c1c(F)cccc1-c1csc(N2CCCCC2)n1. The second kappa shape index (κ2) is 5.96. The van der Waals surface area contributed by atoms with Crippen LogP contribution in [-0.4, -0.2) is 32.7 Å². The second-order valence-corrected chi connectivity index (χ2v) is 8.24. The lowest BCUT2D eigenvalue weighted by molar-refractivity contribution is 0.571. The van der Waals surface area contributed by atoms with Crippen LogP contribution in [-0.2, 0) is 9.84 Å². The van der Waals surface area contributed by atoms with Gasteiger partial charge in [0, 0.05) is 30.3 Å². The lowest BCUT2D eigenvalue weighted by Crippen LogP contribution is -2.29. The second-order valence-electron chi connectivity index (χ2n) is 5.45. The summed E-state index contributed by atoms with van der Waals surface area (Å²) in [6.07, 6.45) is 4.54. The zero-order valence-corrected chi connectivity index (χ0v) is 13.9. The van der Waals surface area contributed by atoms with Gasteiger partial charge in [-0.25, -0.2) is 17.8 Å². The third-order valence-electron chi connectivity index (χ3n) is 3.73. The Bertz CT molecular complexity index is 781. The molecule has 0 bridgehead atoms. The van der Waals surface area contributed by atoms with Crippen LogP contribution in [0.4, 0.5) is 9.52 Å². The Morgan fingerprint density at radius 2 is 1.95 bits per heavy atom. The van der Waals surface area contributed by atoms with Crippen LogP contribution in [0.3, 0.4) is 0 Å². The van der Waals surface area contributed by atoms with Crippen LogP contribution in [0, 0.1) is 5.82 Å². The molecular formula is C15H17FN2O2S2. The van der Waals surface area contributed by atoms with E-state index >= 15 is 0 Å². The molecule has 22 heavy (non-hydrogen) atoms. The van der Waals surface area contributed by atoms with Crippen LogP contribution >= 0.6 is 11.3 Å². The van der Waals surface area contributed by atoms with E-state index in [4.69, 9.17) is 0 Å². The van der Waals surface area contributed by atoms with Crippen LogP contribution in [0.5, 0.6) is 0 Å². The lowest BCUT2D eigenvalue weighted by atomic mass is 10.1. The molecule has 0 unspecified atom stereocenters. The van der Waals surface area contributed by atoms with Gasteiger partial charge in [-0.15, -0.1) is 11.3 Å². The van der Waals surface area contributed by atoms with Gasteiger partial charge in [-0.1, -0.05) is 12.1 Å². The first-order chi connectivity index (χ1) is 10.5. The summed E-state index contributed by atoms with van der Waals surface area (Å²) in [7, 11) is -3.65. The number of nitrogens with zero attached hydrogens (tertiary/aromatic N) is 2. The molecule has 0 saturated carbocycles. The van der Waals surface area contributed by atoms with Crippen molar-refractivity contribution in [1.29, 1.82) is 0 Å². The highest BCUT2D eigenvalue weighted by molar-refractivity contribution is 7.90. The maximum absolute atomic E-state index is 14.0. The molecule has 7 heteroatoms. The largest absolute Gasteiger partial charge is 0.348 e. The van der Waals surface area contributed by atoms with Gasteiger partial charge in [0.05, 0.1) is 5.69 Å². The molecule has 1 fully saturated rings. The van der Waals surface area contributed by atoms with Crippen molar-refractivity contribution >= 4 is 26.3 Å². The van der Waals surface area contributed by atoms with Crippen molar-refractivity contribution in [3.05, 3.63) is 29.4 Å². The molecule has 2 aromatic rings. The fourth-order valence-corrected chi connectivity index (χ4v) is 4.58. The van der Waals surface area contributed by atoms with Crippen molar-refractivity contribution in [2.45, 2.75) is 24.2 Å². The molecule has 0 atom stereocenters. The number of aromatic nitrogens is 1. The van der Waals surface area contributed by atoms with Gasteiger partial charge in [-0.2, -0.15) is 0 Å². The maximum atomic E-state index is 14.0. The predicted octanol–water partition coefficient (Wildman–Crippen LogP) is 3.34. The summed E-state index contributed by atoms with van der Waals surface area (Å²) in [6.45, 7) is 1.93. The minimum atomic E-state index is -3.65. The minimum absolute atomic E-state index is 0.273. The summed E-state index contributed by atoms with van der Waals surface area (Å²) in [5.41, 5.74) is 0.854. The summed E-state index contributed by atoms with van der Waals surface area (Å²) in [6, 6.07) is 4.28. The zero-order chi connectivity index (χ0) is 15.7. The molecule has 1 aromatic carbocycles. The van der Waals surface area contributed by atoms with Crippen molar-refractivity contribution < 1.29 is 12.8 Å². The van der Waals surface area contributed by atoms with Crippen molar-refractivity contribution in [3.8, 4) is 11.3 Å². The quantitative estimate of drug-likeness (QED) is 0.860. The molecule has 118 valence electrons. The number of piperidine rings is 1. The van der Waals surface area contributed by atoms with E-state index in [1.165, 1.54) is 23.8 Å². The predicted molar refractivity (Wildman–Crippen MR) is 86.7 cm³/mol. The third-order valence-corrected chi connectivity index (χ3v) is 5.79. The molecule has 0 amide bonds. The van der Waals surface area contributed by atoms with Crippen LogP contribution in [0.15, 0.2) is 28.5 Å². The Morgan fingerprint density at radius 3 is 2.64 bits per heavy atom. The average molecular weight is 340 g/mol.